The SMILES string of the molecule is CCOc1ccc(NC(=O)Cn2c(=O)ccn(Cc3ccccc3)c2=O)cc1. The van der Waals surface area contributed by atoms with Crippen molar-refractivity contribution in [2.75, 3.05) is 11.9 Å². The van der Waals surface area contributed by atoms with Crippen LogP contribution in [0.25, 0.3) is 0 Å². The van der Waals surface area contributed by atoms with E-state index in [4.69, 9.17) is 4.74 Å². The number of nitrogens with zero attached hydrogens (tertiary/aromatic N) is 2. The summed E-state index contributed by atoms with van der Waals surface area (Å²) in [7, 11) is 0. The molecule has 2 aromatic carbocycles. The monoisotopic (exact) mass is 379 g/mol. The molecule has 3 aromatic rings. The average molecular weight is 379 g/mol. The standard InChI is InChI=1S/C21H21N3O4/c1-2-28-18-10-8-17(9-11-18)22-19(25)15-24-20(26)12-13-23(21(24)27)14-16-6-4-3-5-7-16/h3-13H,2,14-15H2,1H3,(H,22,25). The van der Waals surface area contributed by atoms with Crippen molar-refractivity contribution in [2.45, 2.75) is 20.0 Å². The molecule has 144 valence electrons. The van der Waals surface area contributed by atoms with Gasteiger partial charge in [0.1, 0.15) is 12.3 Å². The fourth-order valence-corrected chi connectivity index (χ4v) is 2.75. The number of nitrogens with one attached hydrogen (secondary N) is 1. The molecule has 0 bridgehead atoms. The van der Waals surface area contributed by atoms with E-state index in [0.29, 0.717) is 24.6 Å². The summed E-state index contributed by atoms with van der Waals surface area (Å²) in [5.74, 6) is 0.240. The minimum atomic E-state index is -0.529. The summed E-state index contributed by atoms with van der Waals surface area (Å²) in [5.41, 5.74) is 0.435. The van der Waals surface area contributed by atoms with Gasteiger partial charge in [-0.05, 0) is 36.8 Å². The van der Waals surface area contributed by atoms with Crippen molar-refractivity contribution in [3.63, 3.8) is 0 Å². The van der Waals surface area contributed by atoms with Crippen molar-refractivity contribution in [3.05, 3.63) is 93.3 Å². The van der Waals surface area contributed by atoms with Gasteiger partial charge in [0.05, 0.1) is 13.2 Å². The number of anilines is 1. The highest BCUT2D eigenvalue weighted by Crippen LogP contribution is 2.15. The van der Waals surface area contributed by atoms with Crippen LogP contribution in [-0.4, -0.2) is 21.6 Å². The number of hydrogen-bond acceptors (Lipinski definition) is 4. The zero-order chi connectivity index (χ0) is 19.9. The molecule has 0 atom stereocenters. The number of carbonyl (C=O) groups excluding carboxylic acids is 1. The van der Waals surface area contributed by atoms with Gasteiger partial charge < -0.3 is 10.1 Å². The van der Waals surface area contributed by atoms with Crippen LogP contribution >= 0.6 is 0 Å². The van der Waals surface area contributed by atoms with Crippen LogP contribution in [0.5, 0.6) is 5.75 Å². The molecule has 1 N–H and O–H groups in total. The molecule has 28 heavy (non-hydrogen) atoms. The Morgan fingerprint density at radius 1 is 1.00 bits per heavy atom. The van der Waals surface area contributed by atoms with E-state index in [2.05, 4.69) is 5.32 Å². The maximum absolute atomic E-state index is 12.6. The molecular formula is C21H21N3O4. The number of aromatic nitrogens is 2. The lowest BCUT2D eigenvalue weighted by atomic mass is 10.2. The van der Waals surface area contributed by atoms with Crippen LogP contribution in [0.3, 0.4) is 0 Å². The molecule has 0 fully saturated rings. The first-order valence-electron chi connectivity index (χ1n) is 8.93. The molecule has 1 aromatic heterocycles. The molecule has 0 spiro atoms. The lowest BCUT2D eigenvalue weighted by molar-refractivity contribution is -0.116. The van der Waals surface area contributed by atoms with E-state index in [1.807, 2.05) is 37.3 Å². The van der Waals surface area contributed by atoms with Crippen molar-refractivity contribution in [3.8, 4) is 5.75 Å². The molecule has 0 saturated carbocycles. The summed E-state index contributed by atoms with van der Waals surface area (Å²) in [6.07, 6.45) is 1.44. The molecule has 0 aliphatic rings. The van der Waals surface area contributed by atoms with Crippen molar-refractivity contribution in [2.24, 2.45) is 0 Å². The summed E-state index contributed by atoms with van der Waals surface area (Å²) in [6, 6.07) is 17.6. The third-order valence-electron chi connectivity index (χ3n) is 4.09. The Balaban J connectivity index is 1.74. The van der Waals surface area contributed by atoms with Gasteiger partial charge in [0.2, 0.25) is 5.91 Å². The second-order valence-corrected chi connectivity index (χ2v) is 6.14. The van der Waals surface area contributed by atoms with Gasteiger partial charge >= 0.3 is 5.69 Å². The van der Waals surface area contributed by atoms with Crippen LogP contribution in [0, 0.1) is 0 Å². The Hall–Kier alpha value is -3.61. The number of rotatable bonds is 7. The summed E-state index contributed by atoms with van der Waals surface area (Å²) < 4.78 is 7.68. The quantitative estimate of drug-likeness (QED) is 0.682. The second kappa shape index (κ2) is 8.85. The highest BCUT2D eigenvalue weighted by atomic mass is 16.5. The fraction of sp³-hybridized carbons (Fsp3) is 0.190. The Morgan fingerprint density at radius 2 is 1.71 bits per heavy atom. The lowest BCUT2D eigenvalue weighted by Gasteiger charge is -2.11. The molecule has 1 heterocycles. The Kier molecular flexibility index (Phi) is 6.06. The lowest BCUT2D eigenvalue weighted by Crippen LogP contribution is -2.41. The van der Waals surface area contributed by atoms with Gasteiger partial charge in [-0.15, -0.1) is 0 Å². The molecule has 7 nitrogen and oxygen atoms in total. The van der Waals surface area contributed by atoms with E-state index in [0.717, 1.165) is 10.1 Å². The van der Waals surface area contributed by atoms with E-state index in [9.17, 15) is 14.4 Å². The zero-order valence-corrected chi connectivity index (χ0v) is 15.5. The first-order valence-corrected chi connectivity index (χ1v) is 8.93. The van der Waals surface area contributed by atoms with E-state index >= 15 is 0 Å². The summed E-state index contributed by atoms with van der Waals surface area (Å²) in [4.78, 5) is 37.0. The molecule has 3 rings (SSSR count). The van der Waals surface area contributed by atoms with E-state index < -0.39 is 17.2 Å². The Labute approximate surface area is 161 Å². The molecule has 0 aliphatic heterocycles. The van der Waals surface area contributed by atoms with E-state index in [-0.39, 0.29) is 6.54 Å². The van der Waals surface area contributed by atoms with Gasteiger partial charge in [0.25, 0.3) is 5.56 Å². The molecule has 0 saturated heterocycles. The number of hydrogen-bond donors (Lipinski definition) is 1. The highest BCUT2D eigenvalue weighted by Gasteiger charge is 2.11. The van der Waals surface area contributed by atoms with Crippen molar-refractivity contribution < 1.29 is 9.53 Å². The average Bonchev–Trinajstić information content (AvgIpc) is 2.70. The van der Waals surface area contributed by atoms with Crippen LogP contribution < -0.4 is 21.3 Å². The number of ether oxygens (including phenoxy) is 1. The number of amides is 1. The van der Waals surface area contributed by atoms with Crippen LogP contribution in [0.15, 0.2) is 76.4 Å². The molecule has 0 aliphatic carbocycles. The van der Waals surface area contributed by atoms with Gasteiger partial charge in [0.15, 0.2) is 0 Å². The van der Waals surface area contributed by atoms with Crippen LogP contribution in [-0.2, 0) is 17.9 Å². The minimum absolute atomic E-state index is 0.320. The molecule has 7 heteroatoms. The van der Waals surface area contributed by atoms with E-state index in [1.165, 1.54) is 16.8 Å². The Bertz CT molecular complexity index is 1050. The minimum Gasteiger partial charge on any atom is -0.494 e. The summed E-state index contributed by atoms with van der Waals surface area (Å²) in [5, 5.41) is 2.68. The molecule has 1 amide bonds. The van der Waals surface area contributed by atoms with Crippen LogP contribution in [0.1, 0.15) is 12.5 Å². The largest absolute Gasteiger partial charge is 0.494 e. The number of carbonyl (C=O) groups is 1. The summed E-state index contributed by atoms with van der Waals surface area (Å²) in [6.45, 7) is 2.40. The molecule has 0 unspecified atom stereocenters. The fourth-order valence-electron chi connectivity index (χ4n) is 2.75. The maximum atomic E-state index is 12.6. The third-order valence-corrected chi connectivity index (χ3v) is 4.09. The third kappa shape index (κ3) is 4.76. The first-order chi connectivity index (χ1) is 13.6. The maximum Gasteiger partial charge on any atom is 0.331 e. The van der Waals surface area contributed by atoms with Gasteiger partial charge in [-0.3, -0.25) is 18.7 Å². The second-order valence-electron chi connectivity index (χ2n) is 6.14. The van der Waals surface area contributed by atoms with Crippen LogP contribution in [0.4, 0.5) is 5.69 Å². The van der Waals surface area contributed by atoms with E-state index in [1.54, 1.807) is 24.3 Å². The topological polar surface area (TPSA) is 82.3 Å². The van der Waals surface area contributed by atoms with Gasteiger partial charge in [-0.1, -0.05) is 30.3 Å². The smallest absolute Gasteiger partial charge is 0.331 e. The Morgan fingerprint density at radius 3 is 2.39 bits per heavy atom. The normalized spacial score (nSPS) is 10.5. The first kappa shape index (κ1) is 19.2. The predicted octanol–water partition coefficient (Wildman–Crippen LogP) is 2.10. The summed E-state index contributed by atoms with van der Waals surface area (Å²) >= 11 is 0. The zero-order valence-electron chi connectivity index (χ0n) is 15.5. The van der Waals surface area contributed by atoms with Gasteiger partial charge in [-0.2, -0.15) is 0 Å². The van der Waals surface area contributed by atoms with Gasteiger partial charge in [0, 0.05) is 18.0 Å². The van der Waals surface area contributed by atoms with Crippen molar-refractivity contribution in [1.82, 2.24) is 9.13 Å². The predicted molar refractivity (Wildman–Crippen MR) is 107 cm³/mol. The van der Waals surface area contributed by atoms with Crippen LogP contribution in [0.2, 0.25) is 0 Å². The van der Waals surface area contributed by atoms with Crippen molar-refractivity contribution >= 4 is 11.6 Å². The van der Waals surface area contributed by atoms with Gasteiger partial charge in [-0.25, -0.2) is 4.79 Å². The number of benzene rings is 2. The molecular weight excluding hydrogens is 358 g/mol. The molecule has 0 radical (unpaired) electrons. The highest BCUT2D eigenvalue weighted by molar-refractivity contribution is 5.90. The van der Waals surface area contributed by atoms with Crippen molar-refractivity contribution in [1.29, 1.82) is 0 Å².